The van der Waals surface area contributed by atoms with Crippen LogP contribution in [0.3, 0.4) is 0 Å². The summed E-state index contributed by atoms with van der Waals surface area (Å²) in [5, 5.41) is 2.36. The number of benzene rings is 2. The quantitative estimate of drug-likeness (QED) is 0.491. The molecule has 136 valence electrons. The number of fused-ring (bicyclic) bond motifs is 1. The van der Waals surface area contributed by atoms with Gasteiger partial charge in [-0.2, -0.15) is 0 Å². The minimum absolute atomic E-state index is 0.0495. The van der Waals surface area contributed by atoms with Gasteiger partial charge in [0, 0.05) is 0 Å². The van der Waals surface area contributed by atoms with E-state index in [2.05, 4.69) is 11.4 Å². The Bertz CT molecular complexity index is 978. The number of hydrogen-bond acceptors (Lipinski definition) is 2. The molecule has 4 nitrogen and oxygen atoms in total. The van der Waals surface area contributed by atoms with E-state index in [1.165, 1.54) is 10.6 Å². The van der Waals surface area contributed by atoms with Crippen LogP contribution in [0.25, 0.3) is 5.57 Å². The molecule has 0 aromatic heterocycles. The molecule has 0 spiro atoms. The monoisotopic (exact) mass is 666 g/mol. The Kier molecular flexibility index (Phi) is 7.85. The number of carbonyl (C=O) groups is 2. The fourth-order valence-electron chi connectivity index (χ4n) is 3.44. The Balaban J connectivity index is 2.14. The Labute approximate surface area is 230 Å². The van der Waals surface area contributed by atoms with Crippen molar-refractivity contribution in [2.45, 2.75) is 12.3 Å². The third-order valence-electron chi connectivity index (χ3n) is 4.91. The van der Waals surface area contributed by atoms with Crippen LogP contribution in [-0.2, 0) is 4.79 Å². The normalized spacial score (nSPS) is 17.0. The van der Waals surface area contributed by atoms with Crippen LogP contribution in [0.15, 0.2) is 48.5 Å². The van der Waals surface area contributed by atoms with Gasteiger partial charge in [-0.15, -0.1) is 0 Å². The van der Waals surface area contributed by atoms with E-state index >= 15 is 0 Å². The van der Waals surface area contributed by atoms with E-state index in [0.29, 0.717) is 66.8 Å². The van der Waals surface area contributed by atoms with Crippen molar-refractivity contribution in [1.82, 2.24) is 5.32 Å². The molecule has 1 N–H and O–H groups in total. The van der Waals surface area contributed by atoms with Gasteiger partial charge in [0.1, 0.15) is 0 Å². The molecule has 0 fully saturated rings. The van der Waals surface area contributed by atoms with E-state index in [4.69, 9.17) is 0 Å². The van der Waals surface area contributed by atoms with Gasteiger partial charge >= 0.3 is 235 Å². The molecule has 28 heavy (non-hydrogen) atoms. The summed E-state index contributed by atoms with van der Waals surface area (Å²) in [6.07, 6.45) is 0.400. The molecule has 1 aliphatic rings. The summed E-state index contributed by atoms with van der Waals surface area (Å²) in [7, 11) is 1.40. The molecule has 2 aromatic rings. The first kappa shape index (κ1) is 22.9. The zero-order valence-corrected chi connectivity index (χ0v) is 29.2. The standard InChI is InChI=1S/C20H16F2N2O2.Ra.Rb.H/c1-23-18(25)13-16-15-9-5-6-10-17(15)24(12-11-20(16,21)22)19(26)14-7-3-2-4-8-14;;;/h3-7,9-10,13H,11-12H2,1H3,(H,23,25);;;/b16-13-;;;. The van der Waals surface area contributed by atoms with Gasteiger partial charge in [-0.25, -0.2) is 0 Å². The summed E-state index contributed by atoms with van der Waals surface area (Å²) in [4.78, 5) is 26.5. The number of para-hydroxylation sites is 1. The fourth-order valence-corrected chi connectivity index (χ4v) is 14.2. The Morgan fingerprint density at radius 1 is 1.25 bits per heavy atom. The molecule has 2 aromatic carbocycles. The molecule has 0 saturated carbocycles. The van der Waals surface area contributed by atoms with Crippen LogP contribution >= 0.6 is 0 Å². The molecular weight excluding hydrogens is 650 g/mol. The molecular formula is C20H17F2N2O2RaRb. The van der Waals surface area contributed by atoms with E-state index in [9.17, 15) is 18.4 Å². The van der Waals surface area contributed by atoms with Crippen LogP contribution in [0.5, 0.6) is 0 Å². The number of allylic oxidation sites excluding steroid dienone is 1. The number of amides is 2. The Morgan fingerprint density at radius 3 is 2.64 bits per heavy atom. The Morgan fingerprint density at radius 2 is 1.96 bits per heavy atom. The third-order valence-corrected chi connectivity index (χ3v) is 9.84. The average Bonchev–Trinajstić information content (AvgIpc) is 2.76. The number of carbonyl (C=O) groups excluding carboxylic acids is 2. The second kappa shape index (κ2) is 9.59. The minimum atomic E-state index is -3.21. The molecule has 1 heterocycles. The topological polar surface area (TPSA) is 49.4 Å². The Hall–Kier alpha value is 0.253. The van der Waals surface area contributed by atoms with E-state index in [0.717, 1.165) is 6.68 Å². The van der Waals surface area contributed by atoms with Crippen LogP contribution in [-0.4, -0.2) is 86.9 Å². The maximum absolute atomic E-state index is 14.9. The predicted molar refractivity (Wildman–Crippen MR) is 103 cm³/mol. The van der Waals surface area contributed by atoms with Gasteiger partial charge in [-0.1, -0.05) is 0 Å². The molecule has 2 amide bonds. The van der Waals surface area contributed by atoms with Gasteiger partial charge in [-0.3, -0.25) is 0 Å². The van der Waals surface area contributed by atoms with E-state index in [1.807, 2.05) is 12.1 Å². The van der Waals surface area contributed by atoms with Crippen LogP contribution in [0.4, 0.5) is 14.5 Å². The van der Waals surface area contributed by atoms with Crippen molar-refractivity contribution >= 4 is 77.8 Å². The summed E-state index contributed by atoms with van der Waals surface area (Å²) in [5.74, 6) is -4.06. The molecule has 3 rings (SSSR count). The van der Waals surface area contributed by atoms with Gasteiger partial charge in [0.15, 0.2) is 0 Å². The van der Waals surface area contributed by atoms with Crippen molar-refractivity contribution in [2.24, 2.45) is 0 Å². The number of nitrogens with zero attached hydrogens (tertiary/aromatic N) is 1. The van der Waals surface area contributed by atoms with Crippen molar-refractivity contribution in [3.63, 3.8) is 0 Å². The zero-order valence-electron chi connectivity index (χ0n) is 16.1. The molecule has 0 saturated heterocycles. The van der Waals surface area contributed by atoms with E-state index in [-0.39, 0.29) is 66.4 Å². The second-order valence-corrected chi connectivity index (χ2v) is 14.2. The van der Waals surface area contributed by atoms with Crippen molar-refractivity contribution < 1.29 is 61.2 Å². The summed E-state index contributed by atoms with van der Waals surface area (Å²) >= 11 is 0.311. The molecule has 0 atom stereocenters. The second-order valence-electron chi connectivity index (χ2n) is 6.92. The number of halogens is 2. The molecule has 8 heteroatoms. The number of nitrogens with one attached hydrogen (secondary N) is 1. The number of likely N-dealkylation sites (N-methyl/N-ethyl adjacent to an activating group) is 1. The SMILES string of the molecule is CNC(=O)/C=C1/c2ccccc2N(C(=O)c2cc[c]([Rb])c[c]2[RaH])CCC1(F)F. The third kappa shape index (κ3) is 4.93. The summed E-state index contributed by atoms with van der Waals surface area (Å²) in [6.45, 7) is -0.113. The summed E-state index contributed by atoms with van der Waals surface area (Å²) in [5.41, 5.74) is 0.886. The first-order valence-corrected chi connectivity index (χ1v) is 15.6. The van der Waals surface area contributed by atoms with Crippen LogP contribution in [0, 0.1) is 42.8 Å². The van der Waals surface area contributed by atoms with Gasteiger partial charge in [0.05, 0.1) is 0 Å². The number of alkyl halides is 2. The zero-order chi connectivity index (χ0) is 20.5. The molecule has 0 bridgehead atoms. The fraction of sp³-hybridized carbons (Fsp3) is 0.200. The van der Waals surface area contributed by atoms with Gasteiger partial charge in [0.25, 0.3) is 0 Å². The van der Waals surface area contributed by atoms with Crippen molar-refractivity contribution in [3.05, 3.63) is 59.7 Å². The molecule has 0 radical (unpaired) electrons. The maximum atomic E-state index is 14.9. The first-order chi connectivity index (χ1) is 13.2. The number of hydrogen-bond donors (Lipinski definition) is 1. The predicted octanol–water partition coefficient (Wildman–Crippen LogP) is 1.20. The molecule has 0 unspecified atom stereocenters. The van der Waals surface area contributed by atoms with Gasteiger partial charge < -0.3 is 0 Å². The number of rotatable bonds is 2. The first-order valence-electron chi connectivity index (χ1n) is 9.05. The van der Waals surface area contributed by atoms with Gasteiger partial charge in [-0.05, 0) is 0 Å². The van der Waals surface area contributed by atoms with Crippen molar-refractivity contribution in [2.75, 3.05) is 18.5 Å². The van der Waals surface area contributed by atoms with Crippen LogP contribution in [0.1, 0.15) is 22.3 Å². The van der Waals surface area contributed by atoms with E-state index in [1.54, 1.807) is 24.3 Å². The van der Waals surface area contributed by atoms with Crippen LogP contribution in [0.2, 0.25) is 0 Å². The summed E-state index contributed by atoms with van der Waals surface area (Å²) in [6, 6.07) is 12.4. The summed E-state index contributed by atoms with van der Waals surface area (Å²) < 4.78 is 32.2. The van der Waals surface area contributed by atoms with E-state index < -0.39 is 18.3 Å². The molecule has 0 aliphatic carbocycles. The van der Waals surface area contributed by atoms with Gasteiger partial charge in [0.2, 0.25) is 0 Å². The number of anilines is 1. The average molecular weight is 667 g/mol. The van der Waals surface area contributed by atoms with Crippen molar-refractivity contribution in [3.8, 4) is 0 Å². The molecule has 1 aliphatic heterocycles. The van der Waals surface area contributed by atoms with Crippen LogP contribution < -0.4 is 9.45 Å². The van der Waals surface area contributed by atoms with Crippen molar-refractivity contribution in [1.29, 1.82) is 0 Å².